The van der Waals surface area contributed by atoms with Crippen LogP contribution >= 0.6 is 0 Å². The lowest BCUT2D eigenvalue weighted by Crippen LogP contribution is -2.28. The minimum absolute atomic E-state index is 0.331. The van der Waals surface area contributed by atoms with Gasteiger partial charge in [0, 0.05) is 13.0 Å². The standard InChI is InChI=1S/C12H24O/c1-7-8-10(4)12(13-6)11(5)9(2)3/h10-12H,2,7-8H2,1,3-6H3/t10-,11-,12-/m0/s1. The lowest BCUT2D eigenvalue weighted by Gasteiger charge is -2.28. The van der Waals surface area contributed by atoms with Gasteiger partial charge in [-0.3, -0.25) is 0 Å². The predicted molar refractivity (Wildman–Crippen MR) is 58.8 cm³/mol. The first kappa shape index (κ1) is 12.7. The summed E-state index contributed by atoms with van der Waals surface area (Å²) in [5, 5.41) is 0. The average molecular weight is 184 g/mol. The van der Waals surface area contributed by atoms with Gasteiger partial charge >= 0.3 is 0 Å². The van der Waals surface area contributed by atoms with Crippen LogP contribution in [0.4, 0.5) is 0 Å². The summed E-state index contributed by atoms with van der Waals surface area (Å²) in [5.41, 5.74) is 1.22. The molecule has 0 heterocycles. The van der Waals surface area contributed by atoms with Crippen LogP contribution in [0.3, 0.4) is 0 Å². The molecule has 0 saturated carbocycles. The monoisotopic (exact) mass is 184 g/mol. The van der Waals surface area contributed by atoms with Crippen LogP contribution in [-0.2, 0) is 4.74 Å². The topological polar surface area (TPSA) is 9.23 Å². The van der Waals surface area contributed by atoms with E-state index < -0.39 is 0 Å². The first-order chi connectivity index (χ1) is 6.04. The molecule has 0 aliphatic heterocycles. The molecule has 0 spiro atoms. The molecule has 0 fully saturated rings. The third-order valence-corrected chi connectivity index (χ3v) is 2.85. The van der Waals surface area contributed by atoms with E-state index in [1.807, 2.05) is 0 Å². The summed E-state index contributed by atoms with van der Waals surface area (Å²) < 4.78 is 5.53. The second-order valence-corrected chi connectivity index (χ2v) is 4.10. The summed E-state index contributed by atoms with van der Waals surface area (Å²) in [4.78, 5) is 0. The highest BCUT2D eigenvalue weighted by Gasteiger charge is 2.22. The Morgan fingerprint density at radius 2 is 1.92 bits per heavy atom. The van der Waals surface area contributed by atoms with E-state index >= 15 is 0 Å². The van der Waals surface area contributed by atoms with Gasteiger partial charge in [-0.15, -0.1) is 0 Å². The summed E-state index contributed by atoms with van der Waals surface area (Å²) in [7, 11) is 1.80. The van der Waals surface area contributed by atoms with Crippen molar-refractivity contribution < 1.29 is 4.74 Å². The zero-order valence-electron chi connectivity index (χ0n) is 9.76. The molecule has 0 rings (SSSR count). The van der Waals surface area contributed by atoms with Crippen molar-refractivity contribution in [1.82, 2.24) is 0 Å². The first-order valence-electron chi connectivity index (χ1n) is 5.22. The Morgan fingerprint density at radius 1 is 1.38 bits per heavy atom. The van der Waals surface area contributed by atoms with Crippen LogP contribution in [0.2, 0.25) is 0 Å². The van der Waals surface area contributed by atoms with Crippen molar-refractivity contribution in [3.8, 4) is 0 Å². The molecular formula is C12H24O. The second kappa shape index (κ2) is 6.20. The van der Waals surface area contributed by atoms with Crippen molar-refractivity contribution in [3.63, 3.8) is 0 Å². The van der Waals surface area contributed by atoms with Crippen LogP contribution in [0.15, 0.2) is 12.2 Å². The summed E-state index contributed by atoms with van der Waals surface area (Å²) >= 11 is 0. The van der Waals surface area contributed by atoms with Crippen molar-refractivity contribution in [2.75, 3.05) is 7.11 Å². The maximum atomic E-state index is 5.53. The molecule has 0 N–H and O–H groups in total. The summed E-state index contributed by atoms with van der Waals surface area (Å²) in [5.74, 6) is 1.09. The maximum Gasteiger partial charge on any atom is 0.0659 e. The van der Waals surface area contributed by atoms with Gasteiger partial charge in [0.2, 0.25) is 0 Å². The van der Waals surface area contributed by atoms with Crippen LogP contribution in [0.5, 0.6) is 0 Å². The van der Waals surface area contributed by atoms with E-state index in [0.717, 1.165) is 0 Å². The first-order valence-corrected chi connectivity index (χ1v) is 5.22. The third kappa shape index (κ3) is 3.95. The molecule has 0 bridgehead atoms. The van der Waals surface area contributed by atoms with Crippen LogP contribution in [0.25, 0.3) is 0 Å². The molecule has 0 amide bonds. The van der Waals surface area contributed by atoms with Gasteiger partial charge in [0.25, 0.3) is 0 Å². The minimum Gasteiger partial charge on any atom is -0.381 e. The lowest BCUT2D eigenvalue weighted by atomic mass is 9.86. The summed E-state index contributed by atoms with van der Waals surface area (Å²) in [6.45, 7) is 12.7. The molecule has 0 aliphatic rings. The smallest absolute Gasteiger partial charge is 0.0659 e. The molecule has 13 heavy (non-hydrogen) atoms. The second-order valence-electron chi connectivity index (χ2n) is 4.10. The molecule has 0 unspecified atom stereocenters. The Kier molecular flexibility index (Phi) is 6.06. The molecule has 78 valence electrons. The SMILES string of the molecule is C=C(C)[C@H](C)[C@@H](OC)[C@@H](C)CCC. The average Bonchev–Trinajstić information content (AvgIpc) is 2.05. The van der Waals surface area contributed by atoms with Gasteiger partial charge in [-0.25, -0.2) is 0 Å². The normalized spacial score (nSPS) is 17.9. The molecular weight excluding hydrogens is 160 g/mol. The van der Waals surface area contributed by atoms with Crippen molar-refractivity contribution in [2.24, 2.45) is 11.8 Å². The van der Waals surface area contributed by atoms with E-state index in [0.29, 0.717) is 17.9 Å². The highest BCUT2D eigenvalue weighted by atomic mass is 16.5. The summed E-state index contributed by atoms with van der Waals surface area (Å²) in [6, 6.07) is 0. The molecule has 0 radical (unpaired) electrons. The van der Waals surface area contributed by atoms with E-state index in [9.17, 15) is 0 Å². The molecule has 3 atom stereocenters. The highest BCUT2D eigenvalue weighted by molar-refractivity contribution is 4.98. The number of rotatable bonds is 6. The minimum atomic E-state index is 0.331. The Morgan fingerprint density at radius 3 is 2.23 bits per heavy atom. The summed E-state index contributed by atoms with van der Waals surface area (Å²) in [6.07, 6.45) is 2.79. The van der Waals surface area contributed by atoms with Crippen molar-refractivity contribution in [3.05, 3.63) is 12.2 Å². The van der Waals surface area contributed by atoms with Gasteiger partial charge in [-0.2, -0.15) is 0 Å². The maximum absolute atomic E-state index is 5.53. The third-order valence-electron chi connectivity index (χ3n) is 2.85. The van der Waals surface area contributed by atoms with E-state index in [1.54, 1.807) is 7.11 Å². The Balaban J connectivity index is 4.22. The molecule has 0 saturated heterocycles. The Bertz CT molecular complexity index is 151. The fraction of sp³-hybridized carbons (Fsp3) is 0.833. The van der Waals surface area contributed by atoms with Gasteiger partial charge in [0.05, 0.1) is 6.10 Å². The fourth-order valence-corrected chi connectivity index (χ4v) is 1.83. The van der Waals surface area contributed by atoms with Crippen LogP contribution in [0.1, 0.15) is 40.5 Å². The van der Waals surface area contributed by atoms with Gasteiger partial charge in [0.15, 0.2) is 0 Å². The van der Waals surface area contributed by atoms with Gasteiger partial charge in [-0.05, 0) is 19.3 Å². The molecule has 1 nitrogen and oxygen atoms in total. The van der Waals surface area contributed by atoms with E-state index in [2.05, 4.69) is 34.3 Å². The van der Waals surface area contributed by atoms with E-state index in [-0.39, 0.29) is 0 Å². The Labute approximate surface area is 83.2 Å². The number of ether oxygens (including phenoxy) is 1. The molecule has 1 heteroatoms. The van der Waals surface area contributed by atoms with E-state index in [1.165, 1.54) is 18.4 Å². The number of methoxy groups -OCH3 is 1. The number of hydrogen-bond acceptors (Lipinski definition) is 1. The van der Waals surface area contributed by atoms with E-state index in [4.69, 9.17) is 4.74 Å². The van der Waals surface area contributed by atoms with Crippen LogP contribution in [-0.4, -0.2) is 13.2 Å². The predicted octanol–water partition coefficient (Wildman–Crippen LogP) is 3.65. The lowest BCUT2D eigenvalue weighted by molar-refractivity contribution is 0.0255. The zero-order chi connectivity index (χ0) is 10.4. The molecule has 0 aromatic carbocycles. The Hall–Kier alpha value is -0.300. The fourth-order valence-electron chi connectivity index (χ4n) is 1.83. The zero-order valence-corrected chi connectivity index (χ0v) is 9.76. The number of hydrogen-bond donors (Lipinski definition) is 0. The molecule has 0 aliphatic carbocycles. The van der Waals surface area contributed by atoms with Crippen molar-refractivity contribution in [1.29, 1.82) is 0 Å². The highest BCUT2D eigenvalue weighted by Crippen LogP contribution is 2.24. The van der Waals surface area contributed by atoms with Gasteiger partial charge in [-0.1, -0.05) is 39.3 Å². The molecule has 0 aromatic heterocycles. The van der Waals surface area contributed by atoms with Crippen molar-refractivity contribution >= 4 is 0 Å². The van der Waals surface area contributed by atoms with Crippen LogP contribution in [0, 0.1) is 11.8 Å². The van der Waals surface area contributed by atoms with Crippen LogP contribution < -0.4 is 0 Å². The van der Waals surface area contributed by atoms with Crippen molar-refractivity contribution in [2.45, 2.75) is 46.6 Å². The molecule has 0 aromatic rings. The van der Waals surface area contributed by atoms with Gasteiger partial charge in [0.1, 0.15) is 0 Å². The van der Waals surface area contributed by atoms with Gasteiger partial charge < -0.3 is 4.74 Å². The largest absolute Gasteiger partial charge is 0.381 e. The quantitative estimate of drug-likeness (QED) is 0.572.